The average Bonchev–Trinajstić information content (AvgIpc) is 2.99. The fraction of sp³-hybridized carbons (Fsp3) is 0.217. The summed E-state index contributed by atoms with van der Waals surface area (Å²) in [4.78, 5) is 17.1. The summed E-state index contributed by atoms with van der Waals surface area (Å²) in [5, 5.41) is 2.68. The summed E-state index contributed by atoms with van der Waals surface area (Å²) in [6, 6.07) is 11.9. The van der Waals surface area contributed by atoms with E-state index in [1.807, 2.05) is 43.3 Å². The van der Waals surface area contributed by atoms with Gasteiger partial charge in [0.25, 0.3) is 0 Å². The normalized spacial score (nSPS) is 18.7. The van der Waals surface area contributed by atoms with Gasteiger partial charge in [-0.2, -0.15) is 0 Å². The lowest BCUT2D eigenvalue weighted by Gasteiger charge is -2.16. The molecule has 0 fully saturated rings. The molecule has 3 heteroatoms. The van der Waals surface area contributed by atoms with Gasteiger partial charge in [-0.1, -0.05) is 42.8 Å². The molecule has 0 amide bonds. The molecule has 2 aliphatic carbocycles. The number of nitrogens with zero attached hydrogens (tertiary/aromatic N) is 1. The van der Waals surface area contributed by atoms with Crippen LogP contribution in [0.2, 0.25) is 5.02 Å². The summed E-state index contributed by atoms with van der Waals surface area (Å²) in [6.07, 6.45) is 5.06. The molecule has 0 radical (unpaired) electrons. The van der Waals surface area contributed by atoms with Gasteiger partial charge in [0, 0.05) is 21.9 Å². The molecule has 0 bridgehead atoms. The number of aromatic nitrogens is 1. The molecule has 0 N–H and O–H groups in total. The maximum absolute atomic E-state index is 12.4. The van der Waals surface area contributed by atoms with Crippen molar-refractivity contribution in [2.75, 3.05) is 0 Å². The third kappa shape index (κ3) is 2.75. The topological polar surface area (TPSA) is 30.0 Å². The Morgan fingerprint density at radius 2 is 1.96 bits per heavy atom. The fourth-order valence-corrected chi connectivity index (χ4v) is 4.13. The number of ketones is 1. The Balaban J connectivity index is 2.11. The van der Waals surface area contributed by atoms with Gasteiger partial charge >= 0.3 is 0 Å². The fourth-order valence-electron chi connectivity index (χ4n) is 3.96. The highest BCUT2D eigenvalue weighted by Crippen LogP contribution is 2.40. The van der Waals surface area contributed by atoms with Gasteiger partial charge < -0.3 is 0 Å². The van der Waals surface area contributed by atoms with Crippen molar-refractivity contribution in [1.82, 2.24) is 4.98 Å². The third-order valence-electron chi connectivity index (χ3n) is 5.19. The standard InChI is InChI=1S/C23H20ClNO/c1-13-11-20(15(3)26)21-12-16(24)7-8-18(21)23-17(13)9-10-19(23)22-6-4-5-14(2)25-22/h4-10,12-13H,11H2,1-3H3. The molecule has 2 aliphatic rings. The number of allylic oxidation sites excluding steroid dienone is 4. The largest absolute Gasteiger partial charge is 0.295 e. The van der Waals surface area contributed by atoms with Crippen molar-refractivity contribution in [3.05, 3.63) is 81.0 Å². The van der Waals surface area contributed by atoms with Crippen LogP contribution in [0.5, 0.6) is 0 Å². The molecular formula is C23H20ClNO. The van der Waals surface area contributed by atoms with E-state index in [4.69, 9.17) is 16.6 Å². The van der Waals surface area contributed by atoms with Crippen LogP contribution in [-0.2, 0) is 4.79 Å². The van der Waals surface area contributed by atoms with Gasteiger partial charge in [0.15, 0.2) is 5.78 Å². The van der Waals surface area contributed by atoms with Gasteiger partial charge in [0.1, 0.15) is 0 Å². The van der Waals surface area contributed by atoms with E-state index in [9.17, 15) is 4.79 Å². The van der Waals surface area contributed by atoms with E-state index in [0.29, 0.717) is 5.02 Å². The first kappa shape index (κ1) is 17.0. The van der Waals surface area contributed by atoms with Gasteiger partial charge in [-0.25, -0.2) is 0 Å². The Labute approximate surface area is 158 Å². The number of Topliss-reactive ketones (excluding diaryl/α,β-unsaturated/α-hetero) is 1. The zero-order valence-electron chi connectivity index (χ0n) is 15.1. The molecule has 2 nitrogen and oxygen atoms in total. The van der Waals surface area contributed by atoms with Crippen LogP contribution in [0, 0.1) is 12.8 Å². The highest BCUT2D eigenvalue weighted by molar-refractivity contribution is 6.30. The molecule has 1 unspecified atom stereocenters. The van der Waals surface area contributed by atoms with Gasteiger partial charge in [0.2, 0.25) is 0 Å². The van der Waals surface area contributed by atoms with Crippen molar-refractivity contribution in [3.8, 4) is 0 Å². The minimum atomic E-state index is 0.112. The first-order chi connectivity index (χ1) is 12.5. The maximum atomic E-state index is 12.4. The number of rotatable bonds is 2. The lowest BCUT2D eigenvalue weighted by Crippen LogP contribution is -2.30. The average molecular weight is 362 g/mol. The second kappa shape index (κ2) is 6.37. The van der Waals surface area contributed by atoms with E-state index < -0.39 is 0 Å². The van der Waals surface area contributed by atoms with E-state index in [1.54, 1.807) is 6.92 Å². The molecule has 1 aromatic heterocycles. The second-order valence-electron chi connectivity index (χ2n) is 7.07. The van der Waals surface area contributed by atoms with E-state index in [2.05, 4.69) is 19.1 Å². The summed E-state index contributed by atoms with van der Waals surface area (Å²) in [5.74, 6) is 0.370. The minimum Gasteiger partial charge on any atom is -0.295 e. The zero-order valence-corrected chi connectivity index (χ0v) is 15.9. The van der Waals surface area contributed by atoms with Crippen LogP contribution < -0.4 is 10.4 Å². The molecule has 0 spiro atoms. The van der Waals surface area contributed by atoms with Crippen LogP contribution in [0.25, 0.3) is 16.7 Å². The molecular weight excluding hydrogens is 342 g/mol. The van der Waals surface area contributed by atoms with E-state index in [1.165, 1.54) is 11.1 Å². The third-order valence-corrected chi connectivity index (χ3v) is 5.43. The van der Waals surface area contributed by atoms with Crippen molar-refractivity contribution >= 4 is 34.1 Å². The minimum absolute atomic E-state index is 0.112. The Morgan fingerprint density at radius 1 is 1.15 bits per heavy atom. The smallest absolute Gasteiger partial charge is 0.156 e. The highest BCUT2D eigenvalue weighted by atomic mass is 35.5. The molecule has 26 heavy (non-hydrogen) atoms. The number of benzene rings is 1. The number of aryl methyl sites for hydroxylation is 1. The van der Waals surface area contributed by atoms with Crippen LogP contribution >= 0.6 is 11.6 Å². The van der Waals surface area contributed by atoms with Crippen molar-refractivity contribution in [2.24, 2.45) is 5.92 Å². The molecule has 0 saturated carbocycles. The second-order valence-corrected chi connectivity index (χ2v) is 7.51. The van der Waals surface area contributed by atoms with E-state index >= 15 is 0 Å². The highest BCUT2D eigenvalue weighted by Gasteiger charge is 2.27. The molecule has 1 atom stereocenters. The Hall–Kier alpha value is -2.45. The Morgan fingerprint density at radius 3 is 2.69 bits per heavy atom. The number of carbonyl (C=O) groups is 1. The number of hydrogen-bond acceptors (Lipinski definition) is 2. The summed E-state index contributed by atoms with van der Waals surface area (Å²) in [7, 11) is 0. The van der Waals surface area contributed by atoms with Gasteiger partial charge in [-0.05, 0) is 72.0 Å². The molecule has 1 heterocycles. The Bertz CT molecular complexity index is 1120. The van der Waals surface area contributed by atoms with Crippen molar-refractivity contribution < 1.29 is 4.79 Å². The first-order valence-electron chi connectivity index (χ1n) is 8.86. The summed E-state index contributed by atoms with van der Waals surface area (Å²) >= 11 is 6.28. The SMILES string of the molecule is CC(=O)C1=c2cc(Cl)ccc2=C2C(c3cccc(C)n3)=CC=C2C(C)C1. The van der Waals surface area contributed by atoms with Crippen molar-refractivity contribution in [2.45, 2.75) is 27.2 Å². The van der Waals surface area contributed by atoms with Gasteiger partial charge in [-0.15, -0.1) is 0 Å². The van der Waals surface area contributed by atoms with Gasteiger partial charge in [-0.3, -0.25) is 9.78 Å². The molecule has 0 aliphatic heterocycles. The lowest BCUT2D eigenvalue weighted by molar-refractivity contribution is -0.112. The molecule has 0 saturated heterocycles. The van der Waals surface area contributed by atoms with Gasteiger partial charge in [0.05, 0.1) is 5.69 Å². The number of carbonyl (C=O) groups excluding carboxylic acids is 1. The van der Waals surface area contributed by atoms with Crippen LogP contribution in [0.4, 0.5) is 0 Å². The van der Waals surface area contributed by atoms with Crippen LogP contribution in [0.1, 0.15) is 31.7 Å². The first-order valence-corrected chi connectivity index (χ1v) is 9.24. The van der Waals surface area contributed by atoms with Crippen LogP contribution in [-0.4, -0.2) is 10.8 Å². The summed E-state index contributed by atoms with van der Waals surface area (Å²) in [5.41, 5.74) is 6.37. The molecule has 1 aromatic carbocycles. The Kier molecular flexibility index (Phi) is 4.16. The summed E-state index contributed by atoms with van der Waals surface area (Å²) in [6.45, 7) is 5.83. The molecule has 4 rings (SSSR count). The lowest BCUT2D eigenvalue weighted by atomic mass is 9.88. The van der Waals surface area contributed by atoms with Crippen molar-refractivity contribution in [1.29, 1.82) is 0 Å². The predicted octanol–water partition coefficient (Wildman–Crippen LogP) is 4.00. The number of fused-ring (bicyclic) bond motifs is 2. The van der Waals surface area contributed by atoms with Crippen LogP contribution in [0.3, 0.4) is 0 Å². The van der Waals surface area contributed by atoms with Crippen molar-refractivity contribution in [3.63, 3.8) is 0 Å². The number of halogens is 1. The monoisotopic (exact) mass is 361 g/mol. The number of pyridine rings is 1. The van der Waals surface area contributed by atoms with Crippen LogP contribution in [0.15, 0.2) is 54.1 Å². The predicted molar refractivity (Wildman–Crippen MR) is 107 cm³/mol. The summed E-state index contributed by atoms with van der Waals surface area (Å²) < 4.78 is 0. The molecule has 130 valence electrons. The number of hydrogen-bond donors (Lipinski definition) is 0. The maximum Gasteiger partial charge on any atom is 0.156 e. The zero-order chi connectivity index (χ0) is 18.4. The molecule has 2 aromatic rings. The van der Waals surface area contributed by atoms with E-state index in [0.717, 1.165) is 39.4 Å². The van der Waals surface area contributed by atoms with E-state index in [-0.39, 0.29) is 11.7 Å². The quantitative estimate of drug-likeness (QED) is 0.809.